The molecular weight excluding hydrogens is 376 g/mol. The number of carbonyl (C=O) groups is 1. The highest BCUT2D eigenvalue weighted by Crippen LogP contribution is 2.39. The number of rotatable bonds is 7. The minimum Gasteiger partial charge on any atom is -0.493 e. The van der Waals surface area contributed by atoms with Crippen LogP contribution in [0.25, 0.3) is 0 Å². The minimum absolute atomic E-state index is 0.0383. The third kappa shape index (κ3) is 3.98. The van der Waals surface area contributed by atoms with Crippen LogP contribution in [0.2, 0.25) is 0 Å². The summed E-state index contributed by atoms with van der Waals surface area (Å²) in [6.45, 7) is 1.24. The topological polar surface area (TPSA) is 76.6 Å². The summed E-state index contributed by atoms with van der Waals surface area (Å²) in [4.78, 5) is 14.8. The Bertz CT molecular complexity index is 837. The second-order valence-corrected chi connectivity index (χ2v) is 8.37. The number of nitrogens with one attached hydrogen (secondary N) is 1. The molecule has 1 aromatic carbocycles. The van der Waals surface area contributed by atoms with Gasteiger partial charge in [-0.2, -0.15) is 0 Å². The van der Waals surface area contributed by atoms with Gasteiger partial charge in [0, 0.05) is 12.0 Å². The predicted molar refractivity (Wildman–Crippen MR) is 108 cm³/mol. The number of hydrogen-bond acceptors (Lipinski definition) is 7. The predicted octanol–water partition coefficient (Wildman–Crippen LogP) is 3.60. The molecule has 1 N–H and O–H groups in total. The maximum Gasteiger partial charge on any atom is 0.240 e. The summed E-state index contributed by atoms with van der Waals surface area (Å²) in [5, 5.41) is 13.0. The zero-order valence-electron chi connectivity index (χ0n) is 16.3. The van der Waals surface area contributed by atoms with Crippen LogP contribution in [0, 0.1) is 0 Å². The molecule has 1 atom stereocenters. The summed E-state index contributed by atoms with van der Waals surface area (Å²) in [7, 11) is 3.27. The number of amides is 1. The van der Waals surface area contributed by atoms with Crippen molar-refractivity contribution in [3.05, 3.63) is 28.8 Å². The Morgan fingerprint density at radius 1 is 1.18 bits per heavy atom. The van der Waals surface area contributed by atoms with Crippen molar-refractivity contribution in [1.29, 1.82) is 0 Å². The molecule has 0 spiro atoms. The molecular formula is C20H26N4O3S. The van der Waals surface area contributed by atoms with Gasteiger partial charge in [-0.3, -0.25) is 15.0 Å². The molecule has 150 valence electrons. The van der Waals surface area contributed by atoms with Crippen molar-refractivity contribution in [3.63, 3.8) is 0 Å². The molecule has 1 unspecified atom stereocenters. The van der Waals surface area contributed by atoms with Crippen molar-refractivity contribution in [2.75, 3.05) is 32.6 Å². The number of methoxy groups -OCH3 is 2. The molecule has 1 aromatic heterocycles. The first-order chi connectivity index (χ1) is 13.7. The van der Waals surface area contributed by atoms with Crippen molar-refractivity contribution in [2.24, 2.45) is 0 Å². The van der Waals surface area contributed by atoms with Crippen molar-refractivity contribution in [2.45, 2.75) is 44.1 Å². The normalized spacial score (nSPS) is 20.0. The van der Waals surface area contributed by atoms with Gasteiger partial charge in [0.15, 0.2) is 11.5 Å². The maximum absolute atomic E-state index is 12.6. The molecule has 2 fully saturated rings. The SMILES string of the molecule is COc1ccc(C2CCCN2CC(=O)Nc2nnc(C3CCC3)s2)cc1OC. The van der Waals surface area contributed by atoms with Crippen LogP contribution in [0.1, 0.15) is 54.6 Å². The number of ether oxygens (including phenoxy) is 2. The van der Waals surface area contributed by atoms with Crippen molar-refractivity contribution < 1.29 is 14.3 Å². The van der Waals surface area contributed by atoms with Gasteiger partial charge >= 0.3 is 0 Å². The number of likely N-dealkylation sites (tertiary alicyclic amines) is 1. The average Bonchev–Trinajstić information content (AvgIpc) is 3.29. The molecule has 1 saturated heterocycles. The fourth-order valence-corrected chi connectivity index (χ4v) is 4.83. The number of anilines is 1. The molecule has 4 rings (SSSR count). The van der Waals surface area contributed by atoms with Gasteiger partial charge in [0.25, 0.3) is 0 Å². The highest BCUT2D eigenvalue weighted by molar-refractivity contribution is 7.15. The van der Waals surface area contributed by atoms with Gasteiger partial charge in [0.1, 0.15) is 5.01 Å². The highest BCUT2D eigenvalue weighted by atomic mass is 32.1. The van der Waals surface area contributed by atoms with Crippen molar-refractivity contribution in [1.82, 2.24) is 15.1 Å². The van der Waals surface area contributed by atoms with Gasteiger partial charge in [-0.05, 0) is 49.9 Å². The van der Waals surface area contributed by atoms with Crippen LogP contribution in [0.4, 0.5) is 5.13 Å². The van der Waals surface area contributed by atoms with E-state index in [9.17, 15) is 4.79 Å². The monoisotopic (exact) mass is 402 g/mol. The van der Waals surface area contributed by atoms with Gasteiger partial charge in [-0.25, -0.2) is 0 Å². The summed E-state index contributed by atoms with van der Waals surface area (Å²) in [5.74, 6) is 1.93. The van der Waals surface area contributed by atoms with Crippen LogP contribution in [0.15, 0.2) is 18.2 Å². The van der Waals surface area contributed by atoms with E-state index in [0.29, 0.717) is 29.1 Å². The molecule has 2 aromatic rings. The van der Waals surface area contributed by atoms with E-state index < -0.39 is 0 Å². The third-order valence-electron chi connectivity index (χ3n) is 5.64. The Morgan fingerprint density at radius 3 is 2.71 bits per heavy atom. The summed E-state index contributed by atoms with van der Waals surface area (Å²) >= 11 is 1.51. The van der Waals surface area contributed by atoms with E-state index in [1.54, 1.807) is 14.2 Å². The lowest BCUT2D eigenvalue weighted by atomic mass is 9.86. The second kappa shape index (κ2) is 8.45. The van der Waals surface area contributed by atoms with E-state index in [4.69, 9.17) is 9.47 Å². The van der Waals surface area contributed by atoms with E-state index >= 15 is 0 Å². The van der Waals surface area contributed by atoms with Gasteiger partial charge in [-0.1, -0.05) is 23.8 Å². The van der Waals surface area contributed by atoms with Gasteiger partial charge in [0.05, 0.1) is 20.8 Å². The molecule has 1 amide bonds. The molecule has 8 heteroatoms. The molecule has 1 aliphatic carbocycles. The first-order valence-corrected chi connectivity index (χ1v) is 10.6. The lowest BCUT2D eigenvalue weighted by Crippen LogP contribution is -2.32. The van der Waals surface area contributed by atoms with Crippen LogP contribution in [-0.4, -0.2) is 48.3 Å². The molecule has 2 heterocycles. The van der Waals surface area contributed by atoms with Gasteiger partial charge in [-0.15, -0.1) is 10.2 Å². The Balaban J connectivity index is 1.39. The third-order valence-corrected chi connectivity index (χ3v) is 6.65. The zero-order valence-corrected chi connectivity index (χ0v) is 17.1. The minimum atomic E-state index is -0.0383. The van der Waals surface area contributed by atoms with Crippen LogP contribution in [0.3, 0.4) is 0 Å². The molecule has 0 radical (unpaired) electrons. The van der Waals surface area contributed by atoms with Crippen LogP contribution in [-0.2, 0) is 4.79 Å². The second-order valence-electron chi connectivity index (χ2n) is 7.36. The van der Waals surface area contributed by atoms with Gasteiger partial charge in [0.2, 0.25) is 11.0 Å². The smallest absolute Gasteiger partial charge is 0.240 e. The summed E-state index contributed by atoms with van der Waals surface area (Å²) in [6, 6.07) is 6.19. The average molecular weight is 403 g/mol. The van der Waals surface area contributed by atoms with E-state index in [0.717, 1.165) is 30.0 Å². The number of aromatic nitrogens is 2. The Labute approximate surface area is 169 Å². The number of carbonyl (C=O) groups excluding carboxylic acids is 1. The van der Waals surface area contributed by atoms with Crippen LogP contribution in [0.5, 0.6) is 11.5 Å². The van der Waals surface area contributed by atoms with Crippen LogP contribution < -0.4 is 14.8 Å². The zero-order chi connectivity index (χ0) is 19.5. The van der Waals surface area contributed by atoms with E-state index in [-0.39, 0.29) is 11.9 Å². The van der Waals surface area contributed by atoms with E-state index in [1.807, 2.05) is 12.1 Å². The summed E-state index contributed by atoms with van der Waals surface area (Å²) in [6.07, 6.45) is 5.72. The standard InChI is InChI=1S/C20H26N4O3S/c1-26-16-9-8-14(11-17(16)27-2)15-7-4-10-24(15)12-18(25)21-20-23-22-19(28-20)13-5-3-6-13/h8-9,11,13,15H,3-7,10,12H2,1-2H3,(H,21,23,25). The van der Waals surface area contributed by atoms with Crippen molar-refractivity contribution in [3.8, 4) is 11.5 Å². The largest absolute Gasteiger partial charge is 0.493 e. The van der Waals surface area contributed by atoms with Gasteiger partial charge < -0.3 is 9.47 Å². The lowest BCUT2D eigenvalue weighted by Gasteiger charge is -2.24. The fraction of sp³-hybridized carbons (Fsp3) is 0.550. The highest BCUT2D eigenvalue weighted by Gasteiger charge is 2.29. The molecule has 1 saturated carbocycles. The first-order valence-electron chi connectivity index (χ1n) is 9.77. The number of nitrogens with zero attached hydrogens (tertiary/aromatic N) is 3. The summed E-state index contributed by atoms with van der Waals surface area (Å²) in [5.41, 5.74) is 1.14. The lowest BCUT2D eigenvalue weighted by molar-refractivity contribution is -0.117. The molecule has 2 aliphatic rings. The molecule has 28 heavy (non-hydrogen) atoms. The van der Waals surface area contributed by atoms with E-state index in [1.165, 1.54) is 30.6 Å². The quantitative estimate of drug-likeness (QED) is 0.763. The fourth-order valence-electron chi connectivity index (χ4n) is 3.90. The number of hydrogen-bond donors (Lipinski definition) is 1. The molecule has 1 aliphatic heterocycles. The molecule has 7 nitrogen and oxygen atoms in total. The Morgan fingerprint density at radius 2 is 2.00 bits per heavy atom. The summed E-state index contributed by atoms with van der Waals surface area (Å²) < 4.78 is 10.8. The first kappa shape index (κ1) is 19.1. The molecule has 0 bridgehead atoms. The maximum atomic E-state index is 12.6. The Hall–Kier alpha value is -2.19. The number of benzene rings is 1. The Kier molecular flexibility index (Phi) is 5.77. The van der Waals surface area contributed by atoms with E-state index in [2.05, 4.69) is 26.5 Å². The van der Waals surface area contributed by atoms with Crippen LogP contribution >= 0.6 is 11.3 Å². The van der Waals surface area contributed by atoms with Crippen molar-refractivity contribution >= 4 is 22.4 Å².